The molecule has 2 heteroatoms. The molecule has 4 fully saturated rings. The first kappa shape index (κ1) is 27.0. The molecule has 5 rings (SSSR count). The molecule has 0 amide bonds. The second-order valence-electron chi connectivity index (χ2n) is 15.8. The lowest BCUT2D eigenvalue weighted by Crippen LogP contribution is -2.49. The molecule has 202 valence electrons. The molecule has 0 heterocycles. The van der Waals surface area contributed by atoms with E-state index in [-0.39, 0.29) is 5.04 Å². The zero-order valence-electron chi connectivity index (χ0n) is 25.1. The lowest BCUT2D eigenvalue weighted by molar-refractivity contribution is 0.0406. The van der Waals surface area contributed by atoms with Gasteiger partial charge in [0.05, 0.1) is 0 Å². The van der Waals surface area contributed by atoms with E-state index in [1.165, 1.54) is 51.4 Å². The van der Waals surface area contributed by atoms with E-state index in [1.54, 1.807) is 5.57 Å². The summed E-state index contributed by atoms with van der Waals surface area (Å²) in [5.41, 5.74) is 4.39. The van der Waals surface area contributed by atoms with Crippen molar-refractivity contribution in [2.24, 2.45) is 46.3 Å². The highest BCUT2D eigenvalue weighted by molar-refractivity contribution is 6.74. The van der Waals surface area contributed by atoms with Gasteiger partial charge in [-0.05, 0) is 122 Å². The molecule has 4 saturated carbocycles. The van der Waals surface area contributed by atoms with Gasteiger partial charge in [0.2, 0.25) is 0 Å². The van der Waals surface area contributed by atoms with Crippen LogP contribution in [0.3, 0.4) is 0 Å². The summed E-state index contributed by atoms with van der Waals surface area (Å²) < 4.78 is 6.93. The van der Waals surface area contributed by atoms with Crippen LogP contribution < -0.4 is 0 Å². The third kappa shape index (κ3) is 4.59. The maximum absolute atomic E-state index is 6.93. The second-order valence-corrected chi connectivity index (χ2v) is 20.5. The van der Waals surface area contributed by atoms with E-state index in [1.807, 2.05) is 5.57 Å². The highest BCUT2D eigenvalue weighted by Gasteiger charge is 2.57. The SMILES string of the molecule is C[C@H](/C=C/[C@H](C)[C@H]1CC[C@H]2C3=CC=C4CC(O[Si](C)(C)C(C)(C)C)CC[C@]4(C)[C@H]3CC[C@]12C)C1CC1. The van der Waals surface area contributed by atoms with E-state index in [9.17, 15) is 0 Å². The summed E-state index contributed by atoms with van der Waals surface area (Å²) in [4.78, 5) is 0. The van der Waals surface area contributed by atoms with E-state index in [0.29, 0.717) is 22.9 Å². The Morgan fingerprint density at radius 1 is 0.889 bits per heavy atom. The molecule has 0 saturated heterocycles. The van der Waals surface area contributed by atoms with Crippen molar-refractivity contribution in [3.63, 3.8) is 0 Å². The Hall–Kier alpha value is -0.603. The van der Waals surface area contributed by atoms with Crippen LogP contribution in [0.15, 0.2) is 35.5 Å². The van der Waals surface area contributed by atoms with Crippen molar-refractivity contribution < 1.29 is 4.43 Å². The zero-order valence-corrected chi connectivity index (χ0v) is 26.1. The molecular formula is C34H56OSi. The lowest BCUT2D eigenvalue weighted by Gasteiger charge is -2.55. The van der Waals surface area contributed by atoms with Gasteiger partial charge in [-0.25, -0.2) is 0 Å². The van der Waals surface area contributed by atoms with Crippen LogP contribution in [0.25, 0.3) is 0 Å². The molecule has 5 aliphatic rings. The second kappa shape index (κ2) is 9.25. The van der Waals surface area contributed by atoms with Gasteiger partial charge in [0.1, 0.15) is 0 Å². The van der Waals surface area contributed by atoms with Gasteiger partial charge < -0.3 is 4.43 Å². The average Bonchev–Trinajstić information content (AvgIpc) is 3.58. The predicted octanol–water partition coefficient (Wildman–Crippen LogP) is 10.1. The van der Waals surface area contributed by atoms with Crippen LogP contribution in [0.5, 0.6) is 0 Å². The van der Waals surface area contributed by atoms with Crippen LogP contribution in [0.1, 0.15) is 106 Å². The molecule has 8 atom stereocenters. The maximum atomic E-state index is 6.93. The van der Waals surface area contributed by atoms with Gasteiger partial charge in [0.25, 0.3) is 0 Å². The first-order chi connectivity index (χ1) is 16.8. The molecule has 1 nitrogen and oxygen atoms in total. The first-order valence-corrected chi connectivity index (χ1v) is 18.4. The lowest BCUT2D eigenvalue weighted by atomic mass is 9.50. The topological polar surface area (TPSA) is 9.23 Å². The number of allylic oxidation sites excluding steroid dienone is 5. The van der Waals surface area contributed by atoms with Gasteiger partial charge in [-0.3, -0.25) is 0 Å². The van der Waals surface area contributed by atoms with Crippen LogP contribution >= 0.6 is 0 Å². The Morgan fingerprint density at radius 3 is 2.25 bits per heavy atom. The van der Waals surface area contributed by atoms with Crippen LogP contribution in [-0.2, 0) is 4.43 Å². The monoisotopic (exact) mass is 508 g/mol. The molecule has 0 spiro atoms. The number of fused-ring (bicyclic) bond motifs is 5. The van der Waals surface area contributed by atoms with Gasteiger partial charge >= 0.3 is 0 Å². The van der Waals surface area contributed by atoms with Crippen LogP contribution in [0.4, 0.5) is 0 Å². The minimum Gasteiger partial charge on any atom is -0.414 e. The van der Waals surface area contributed by atoms with Crippen molar-refractivity contribution in [3.8, 4) is 0 Å². The van der Waals surface area contributed by atoms with E-state index in [2.05, 4.69) is 85.9 Å². The molecule has 0 radical (unpaired) electrons. The molecule has 0 aliphatic heterocycles. The zero-order chi connectivity index (χ0) is 26.1. The number of rotatable bonds is 6. The third-order valence-corrected chi connectivity index (χ3v) is 17.1. The van der Waals surface area contributed by atoms with Crippen molar-refractivity contribution >= 4 is 8.32 Å². The summed E-state index contributed by atoms with van der Waals surface area (Å²) in [6, 6.07) is 0. The highest BCUT2D eigenvalue weighted by atomic mass is 28.4. The van der Waals surface area contributed by atoms with Crippen molar-refractivity contribution in [2.45, 2.75) is 130 Å². The minimum atomic E-state index is -1.72. The van der Waals surface area contributed by atoms with Gasteiger partial charge in [0, 0.05) is 6.10 Å². The molecule has 5 aliphatic carbocycles. The minimum absolute atomic E-state index is 0.289. The highest BCUT2D eigenvalue weighted by Crippen LogP contribution is 2.66. The molecule has 36 heavy (non-hydrogen) atoms. The third-order valence-electron chi connectivity index (χ3n) is 12.6. The predicted molar refractivity (Wildman–Crippen MR) is 157 cm³/mol. The summed E-state index contributed by atoms with van der Waals surface area (Å²) >= 11 is 0. The summed E-state index contributed by atoms with van der Waals surface area (Å²) in [5, 5.41) is 0.289. The van der Waals surface area contributed by atoms with Crippen molar-refractivity contribution in [1.82, 2.24) is 0 Å². The van der Waals surface area contributed by atoms with Crippen molar-refractivity contribution in [1.29, 1.82) is 0 Å². The smallest absolute Gasteiger partial charge is 0.192 e. The molecule has 0 N–H and O–H groups in total. The summed E-state index contributed by atoms with van der Waals surface area (Å²) in [5.74, 6) is 4.89. The average molecular weight is 509 g/mol. The van der Waals surface area contributed by atoms with Crippen LogP contribution in [-0.4, -0.2) is 14.4 Å². The molecule has 0 aromatic heterocycles. The Bertz CT molecular complexity index is 929. The fraction of sp³-hybridized carbons (Fsp3) is 0.824. The maximum Gasteiger partial charge on any atom is 0.192 e. The quantitative estimate of drug-likeness (QED) is 0.256. The van der Waals surface area contributed by atoms with Gasteiger partial charge in [-0.2, -0.15) is 0 Å². The first-order valence-electron chi connectivity index (χ1n) is 15.5. The molecule has 0 aromatic rings. The van der Waals surface area contributed by atoms with Crippen molar-refractivity contribution in [2.75, 3.05) is 0 Å². The molecule has 0 bridgehead atoms. The molecule has 1 unspecified atom stereocenters. The molecular weight excluding hydrogens is 452 g/mol. The van der Waals surface area contributed by atoms with E-state index >= 15 is 0 Å². The van der Waals surface area contributed by atoms with Crippen LogP contribution in [0, 0.1) is 46.3 Å². The molecule has 0 aromatic carbocycles. The fourth-order valence-electron chi connectivity index (χ4n) is 8.83. The van der Waals surface area contributed by atoms with E-state index in [4.69, 9.17) is 4.43 Å². The van der Waals surface area contributed by atoms with E-state index < -0.39 is 8.32 Å². The number of hydrogen-bond acceptors (Lipinski definition) is 1. The van der Waals surface area contributed by atoms with Gasteiger partial charge in [-0.1, -0.05) is 83.9 Å². The summed E-state index contributed by atoms with van der Waals surface area (Å²) in [7, 11) is -1.72. The van der Waals surface area contributed by atoms with E-state index in [0.717, 1.165) is 36.0 Å². The van der Waals surface area contributed by atoms with Crippen LogP contribution in [0.2, 0.25) is 18.1 Å². The Morgan fingerprint density at radius 2 is 1.58 bits per heavy atom. The fourth-order valence-corrected chi connectivity index (χ4v) is 10.2. The van der Waals surface area contributed by atoms with Gasteiger partial charge in [-0.15, -0.1) is 0 Å². The number of hydrogen-bond donors (Lipinski definition) is 0. The largest absolute Gasteiger partial charge is 0.414 e. The summed E-state index contributed by atoms with van der Waals surface area (Å²) in [6.45, 7) is 22.2. The standard InChI is InChI=1S/C34H56OSi/c1-23(25-12-13-25)10-11-24(2)29-16-17-30-28-15-14-26-22-27(35-36(8,9)32(3,4)5)18-20-33(26,6)31(28)19-21-34(29,30)7/h10-11,14-15,23-25,27,29-31H,12-13,16-22H2,1-9H3/b11-10+/t23-,24+,27?,29-,30+,31+,33+,34-/m1/s1. The Balaban J connectivity index is 1.32. The van der Waals surface area contributed by atoms with Gasteiger partial charge in [0.15, 0.2) is 8.32 Å². The normalized spacial score (nSPS) is 40.7. The summed E-state index contributed by atoms with van der Waals surface area (Å²) in [6.07, 6.45) is 23.1. The Labute approximate surface area is 224 Å². The Kier molecular flexibility index (Phi) is 6.93. The van der Waals surface area contributed by atoms with Crippen molar-refractivity contribution in [3.05, 3.63) is 35.5 Å².